The van der Waals surface area contributed by atoms with Crippen LogP contribution in [0.3, 0.4) is 0 Å². The Balaban J connectivity index is 1.53. The minimum absolute atomic E-state index is 0.0210. The molecule has 1 aromatic rings. The van der Waals surface area contributed by atoms with Crippen molar-refractivity contribution in [2.24, 2.45) is 11.3 Å². The molecule has 0 radical (unpaired) electrons. The van der Waals surface area contributed by atoms with Crippen LogP contribution >= 0.6 is 0 Å². The average molecular weight is 359 g/mol. The van der Waals surface area contributed by atoms with E-state index in [4.69, 9.17) is 9.84 Å². The van der Waals surface area contributed by atoms with E-state index in [1.807, 2.05) is 29.2 Å². The van der Waals surface area contributed by atoms with E-state index >= 15 is 0 Å². The predicted octanol–water partition coefficient (Wildman–Crippen LogP) is 3.46. The first-order valence-electron chi connectivity index (χ1n) is 9.41. The molecule has 1 aliphatic carbocycles. The molecule has 2 fully saturated rings. The van der Waals surface area contributed by atoms with Crippen molar-refractivity contribution in [1.29, 1.82) is 0 Å². The van der Waals surface area contributed by atoms with E-state index in [0.29, 0.717) is 18.8 Å². The summed E-state index contributed by atoms with van der Waals surface area (Å²) in [6, 6.07) is 7.90. The Morgan fingerprint density at radius 1 is 1.19 bits per heavy atom. The van der Waals surface area contributed by atoms with E-state index in [0.717, 1.165) is 19.3 Å². The van der Waals surface area contributed by atoms with Crippen molar-refractivity contribution in [3.05, 3.63) is 29.8 Å². The first-order valence-corrected chi connectivity index (χ1v) is 9.41. The second-order valence-corrected chi connectivity index (χ2v) is 8.82. The maximum Gasteiger partial charge on any atom is 0.307 e. The van der Waals surface area contributed by atoms with Gasteiger partial charge in [0.2, 0.25) is 0 Å². The SMILES string of the molecule is CC(Oc1ccc(C(C)(C)C)cc1)C(=O)N1CCC2(CC1)CC2C(=O)O. The Hall–Kier alpha value is -2.04. The van der Waals surface area contributed by atoms with Crippen LogP contribution in [0.5, 0.6) is 5.75 Å². The van der Waals surface area contributed by atoms with Gasteiger partial charge in [0.15, 0.2) is 6.10 Å². The Kier molecular flexibility index (Phi) is 4.76. The molecule has 2 atom stereocenters. The lowest BCUT2D eigenvalue weighted by atomic mass is 9.87. The van der Waals surface area contributed by atoms with Gasteiger partial charge in [0.05, 0.1) is 5.92 Å². The molecule has 1 N–H and O–H groups in total. The molecule has 0 bridgehead atoms. The number of carboxylic acids is 1. The maximum absolute atomic E-state index is 12.7. The lowest BCUT2D eigenvalue weighted by Crippen LogP contribution is -2.45. The van der Waals surface area contributed by atoms with Gasteiger partial charge in [-0.1, -0.05) is 32.9 Å². The van der Waals surface area contributed by atoms with Gasteiger partial charge in [-0.3, -0.25) is 9.59 Å². The van der Waals surface area contributed by atoms with Crippen molar-refractivity contribution in [2.75, 3.05) is 13.1 Å². The van der Waals surface area contributed by atoms with Crippen LogP contribution in [0.1, 0.15) is 52.5 Å². The van der Waals surface area contributed by atoms with Crippen LogP contribution in [0, 0.1) is 11.3 Å². The summed E-state index contributed by atoms with van der Waals surface area (Å²) in [4.78, 5) is 25.6. The van der Waals surface area contributed by atoms with Crippen molar-refractivity contribution in [3.8, 4) is 5.75 Å². The molecule has 2 unspecified atom stereocenters. The van der Waals surface area contributed by atoms with Gasteiger partial charge >= 0.3 is 5.97 Å². The topological polar surface area (TPSA) is 66.8 Å². The Labute approximate surface area is 155 Å². The highest BCUT2D eigenvalue weighted by Gasteiger charge is 2.59. The van der Waals surface area contributed by atoms with Gasteiger partial charge in [-0.25, -0.2) is 0 Å². The molecule has 3 rings (SSSR count). The number of aliphatic carboxylic acids is 1. The molecule has 2 aliphatic rings. The smallest absolute Gasteiger partial charge is 0.307 e. The lowest BCUT2D eigenvalue weighted by molar-refractivity contribution is -0.141. The van der Waals surface area contributed by atoms with Gasteiger partial charge in [0, 0.05) is 13.1 Å². The van der Waals surface area contributed by atoms with E-state index in [1.165, 1.54) is 5.56 Å². The molecule has 5 nitrogen and oxygen atoms in total. The van der Waals surface area contributed by atoms with Gasteiger partial charge in [0.1, 0.15) is 5.75 Å². The van der Waals surface area contributed by atoms with E-state index in [9.17, 15) is 9.59 Å². The number of piperidine rings is 1. The molecule has 26 heavy (non-hydrogen) atoms. The fraction of sp³-hybridized carbons (Fsp3) is 0.619. The minimum atomic E-state index is -0.694. The first kappa shape index (κ1) is 18.7. The number of amides is 1. The van der Waals surface area contributed by atoms with E-state index in [1.54, 1.807) is 6.92 Å². The summed E-state index contributed by atoms with van der Waals surface area (Å²) >= 11 is 0. The number of hydrogen-bond donors (Lipinski definition) is 1. The van der Waals surface area contributed by atoms with E-state index in [2.05, 4.69) is 20.8 Å². The number of carbonyl (C=O) groups excluding carboxylic acids is 1. The van der Waals surface area contributed by atoms with Crippen molar-refractivity contribution in [3.63, 3.8) is 0 Å². The largest absolute Gasteiger partial charge is 0.481 e. The second kappa shape index (κ2) is 6.60. The van der Waals surface area contributed by atoms with Crippen molar-refractivity contribution in [2.45, 2.75) is 58.5 Å². The number of carbonyl (C=O) groups is 2. The Morgan fingerprint density at radius 2 is 1.77 bits per heavy atom. The van der Waals surface area contributed by atoms with Crippen LogP contribution in [0.4, 0.5) is 0 Å². The Bertz CT molecular complexity index is 681. The molecule has 1 aliphatic heterocycles. The number of hydrogen-bond acceptors (Lipinski definition) is 3. The van der Waals surface area contributed by atoms with Gasteiger partial charge < -0.3 is 14.7 Å². The third-order valence-electron chi connectivity index (χ3n) is 5.94. The number of benzene rings is 1. The van der Waals surface area contributed by atoms with Crippen molar-refractivity contribution >= 4 is 11.9 Å². The summed E-state index contributed by atoms with van der Waals surface area (Å²) in [6.07, 6.45) is 1.78. The maximum atomic E-state index is 12.7. The van der Waals surface area contributed by atoms with Crippen LogP contribution in [-0.4, -0.2) is 41.1 Å². The number of carboxylic acid groups (broad SMARTS) is 1. The molecular weight excluding hydrogens is 330 g/mol. The van der Waals surface area contributed by atoms with Crippen LogP contribution in [0.2, 0.25) is 0 Å². The zero-order valence-electron chi connectivity index (χ0n) is 16.1. The van der Waals surface area contributed by atoms with Gasteiger partial charge in [-0.2, -0.15) is 0 Å². The number of nitrogens with zero attached hydrogens (tertiary/aromatic N) is 1. The molecule has 1 heterocycles. The summed E-state index contributed by atoms with van der Waals surface area (Å²) in [5.74, 6) is -0.234. The minimum Gasteiger partial charge on any atom is -0.481 e. The number of likely N-dealkylation sites (tertiary alicyclic amines) is 1. The standard InChI is InChI=1S/C21H29NO4/c1-14(26-16-7-5-15(6-8-16)20(2,3)4)18(23)22-11-9-21(10-12-22)13-17(21)19(24)25/h5-8,14,17H,9-13H2,1-4H3,(H,24,25). The van der Waals surface area contributed by atoms with Gasteiger partial charge in [-0.05, 0) is 54.7 Å². The highest BCUT2D eigenvalue weighted by Crippen LogP contribution is 2.59. The zero-order valence-corrected chi connectivity index (χ0v) is 16.1. The quantitative estimate of drug-likeness (QED) is 0.894. The summed E-state index contributed by atoms with van der Waals surface area (Å²) in [5, 5.41) is 9.17. The summed E-state index contributed by atoms with van der Waals surface area (Å²) in [5.41, 5.74) is 1.25. The van der Waals surface area contributed by atoms with Crippen molar-refractivity contribution < 1.29 is 19.4 Å². The van der Waals surface area contributed by atoms with Crippen LogP contribution < -0.4 is 4.74 Å². The molecule has 1 spiro atoms. The molecular formula is C21H29NO4. The number of rotatable bonds is 4. The summed E-state index contributed by atoms with van der Waals surface area (Å²) in [7, 11) is 0. The monoisotopic (exact) mass is 359 g/mol. The Morgan fingerprint density at radius 3 is 2.23 bits per heavy atom. The molecule has 142 valence electrons. The predicted molar refractivity (Wildman–Crippen MR) is 99.2 cm³/mol. The van der Waals surface area contributed by atoms with Crippen LogP contribution in [-0.2, 0) is 15.0 Å². The third kappa shape index (κ3) is 3.71. The highest BCUT2D eigenvalue weighted by atomic mass is 16.5. The number of ether oxygens (including phenoxy) is 1. The lowest BCUT2D eigenvalue weighted by Gasteiger charge is -2.34. The highest BCUT2D eigenvalue weighted by molar-refractivity contribution is 5.81. The molecule has 0 aromatic heterocycles. The molecule has 1 amide bonds. The average Bonchev–Trinajstić information content (AvgIpc) is 3.28. The second-order valence-electron chi connectivity index (χ2n) is 8.82. The van der Waals surface area contributed by atoms with Crippen molar-refractivity contribution in [1.82, 2.24) is 4.90 Å². The molecule has 1 saturated heterocycles. The van der Waals surface area contributed by atoms with Gasteiger partial charge in [-0.15, -0.1) is 0 Å². The summed E-state index contributed by atoms with van der Waals surface area (Å²) < 4.78 is 5.84. The summed E-state index contributed by atoms with van der Waals surface area (Å²) in [6.45, 7) is 9.51. The van der Waals surface area contributed by atoms with E-state index < -0.39 is 12.1 Å². The zero-order chi connectivity index (χ0) is 19.1. The first-order chi connectivity index (χ1) is 12.1. The molecule has 1 saturated carbocycles. The fourth-order valence-electron chi connectivity index (χ4n) is 3.97. The van der Waals surface area contributed by atoms with Gasteiger partial charge in [0.25, 0.3) is 5.91 Å². The van der Waals surface area contributed by atoms with Crippen LogP contribution in [0.15, 0.2) is 24.3 Å². The molecule has 5 heteroatoms. The normalized spacial score (nSPS) is 22.8. The third-order valence-corrected chi connectivity index (χ3v) is 5.94. The van der Waals surface area contributed by atoms with E-state index in [-0.39, 0.29) is 22.7 Å². The van der Waals surface area contributed by atoms with Crippen LogP contribution in [0.25, 0.3) is 0 Å². The fourth-order valence-corrected chi connectivity index (χ4v) is 3.97. The molecule has 1 aromatic carbocycles.